The van der Waals surface area contributed by atoms with Crippen LogP contribution < -0.4 is 10.1 Å². The monoisotopic (exact) mass is 401 g/mol. The number of ether oxygens (including phenoxy) is 1. The van der Waals surface area contributed by atoms with E-state index in [1.807, 2.05) is 62.4 Å². The molecule has 0 saturated heterocycles. The summed E-state index contributed by atoms with van der Waals surface area (Å²) in [5, 5.41) is 11.6. The lowest BCUT2D eigenvalue weighted by Crippen LogP contribution is -2.46. The van der Waals surface area contributed by atoms with Gasteiger partial charge in [-0.05, 0) is 23.1 Å². The van der Waals surface area contributed by atoms with Crippen LogP contribution in [0.1, 0.15) is 31.4 Å². The number of rotatable bonds is 10. The molecule has 2 rings (SSSR count). The number of para-hydroxylation sites is 1. The second-order valence-electron chi connectivity index (χ2n) is 6.82. The maximum absolute atomic E-state index is 12.4. The minimum absolute atomic E-state index is 0.0549. The van der Waals surface area contributed by atoms with Crippen LogP contribution in [-0.2, 0) is 22.6 Å². The molecule has 0 aliphatic rings. The van der Waals surface area contributed by atoms with Crippen LogP contribution >= 0.6 is 12.6 Å². The van der Waals surface area contributed by atoms with E-state index in [0.29, 0.717) is 12.4 Å². The van der Waals surface area contributed by atoms with Crippen molar-refractivity contribution in [1.29, 1.82) is 0 Å². The van der Waals surface area contributed by atoms with Crippen molar-refractivity contribution >= 4 is 24.5 Å². The predicted octanol–water partition coefficient (Wildman–Crippen LogP) is 3.72. The third-order valence-electron chi connectivity index (χ3n) is 4.70. The van der Waals surface area contributed by atoms with E-state index in [-0.39, 0.29) is 18.2 Å². The quantitative estimate of drug-likeness (QED) is 0.531. The van der Waals surface area contributed by atoms with Gasteiger partial charge < -0.3 is 15.2 Å². The van der Waals surface area contributed by atoms with Gasteiger partial charge in [0.1, 0.15) is 18.4 Å². The summed E-state index contributed by atoms with van der Waals surface area (Å²) in [6, 6.07) is 16.0. The molecule has 28 heavy (non-hydrogen) atoms. The highest BCUT2D eigenvalue weighted by Crippen LogP contribution is 2.22. The largest absolute Gasteiger partial charge is 0.489 e. The first kappa shape index (κ1) is 21.8. The smallest absolute Gasteiger partial charge is 0.326 e. The zero-order valence-corrected chi connectivity index (χ0v) is 17.1. The summed E-state index contributed by atoms with van der Waals surface area (Å²) >= 11 is 4.33. The van der Waals surface area contributed by atoms with Crippen LogP contribution in [-0.4, -0.2) is 28.3 Å². The fraction of sp³-hybridized carbons (Fsp3) is 0.364. The maximum atomic E-state index is 12.4. The third kappa shape index (κ3) is 6.30. The standard InChI is InChI=1S/C22H27NO4S/c1-3-15(2)20(28)21(24)23-18(22(25)26)13-17-11-7-8-12-19(17)27-14-16-9-5-4-6-10-16/h4-12,15,18,20,28H,3,13-14H2,1-2H3,(H,23,24)(H,25,26)/t15-,18+,20+/m1/s1. The summed E-state index contributed by atoms with van der Waals surface area (Å²) in [5.41, 5.74) is 1.75. The van der Waals surface area contributed by atoms with E-state index in [0.717, 1.165) is 17.5 Å². The van der Waals surface area contributed by atoms with Gasteiger partial charge in [-0.15, -0.1) is 0 Å². The van der Waals surface area contributed by atoms with Gasteiger partial charge in [-0.3, -0.25) is 4.79 Å². The number of aliphatic carboxylic acids is 1. The summed E-state index contributed by atoms with van der Waals surface area (Å²) in [5.74, 6) is -0.792. The second-order valence-corrected chi connectivity index (χ2v) is 7.37. The number of carbonyl (C=O) groups is 2. The van der Waals surface area contributed by atoms with Crippen molar-refractivity contribution in [2.75, 3.05) is 0 Å². The van der Waals surface area contributed by atoms with E-state index in [1.165, 1.54) is 0 Å². The minimum Gasteiger partial charge on any atom is -0.489 e. The first-order valence-electron chi connectivity index (χ1n) is 9.38. The van der Waals surface area contributed by atoms with Gasteiger partial charge in [-0.25, -0.2) is 4.79 Å². The van der Waals surface area contributed by atoms with Crippen LogP contribution in [0.25, 0.3) is 0 Å². The predicted molar refractivity (Wildman–Crippen MR) is 113 cm³/mol. The van der Waals surface area contributed by atoms with Crippen molar-refractivity contribution in [3.05, 3.63) is 65.7 Å². The average Bonchev–Trinajstić information content (AvgIpc) is 2.71. The molecule has 0 saturated carbocycles. The normalized spacial score (nSPS) is 14.0. The van der Waals surface area contributed by atoms with E-state index in [4.69, 9.17) is 4.74 Å². The van der Waals surface area contributed by atoms with E-state index in [9.17, 15) is 14.7 Å². The van der Waals surface area contributed by atoms with Gasteiger partial charge in [0, 0.05) is 6.42 Å². The molecule has 2 N–H and O–H groups in total. The first-order valence-corrected chi connectivity index (χ1v) is 9.89. The minimum atomic E-state index is -1.09. The molecule has 0 aromatic heterocycles. The number of hydrogen-bond donors (Lipinski definition) is 3. The zero-order chi connectivity index (χ0) is 20.5. The molecule has 3 atom stereocenters. The molecule has 6 heteroatoms. The molecule has 1 amide bonds. The van der Waals surface area contributed by atoms with Crippen molar-refractivity contribution in [3.63, 3.8) is 0 Å². The Morgan fingerprint density at radius 3 is 2.39 bits per heavy atom. The van der Waals surface area contributed by atoms with Crippen molar-refractivity contribution in [2.45, 2.75) is 44.6 Å². The molecule has 5 nitrogen and oxygen atoms in total. The summed E-state index contributed by atoms with van der Waals surface area (Å²) in [6.07, 6.45) is 0.919. The number of carbonyl (C=O) groups excluding carboxylic acids is 1. The van der Waals surface area contributed by atoms with Crippen LogP contribution in [0.4, 0.5) is 0 Å². The van der Waals surface area contributed by atoms with Crippen LogP contribution in [0, 0.1) is 5.92 Å². The Kier molecular flexibility index (Phi) is 8.39. The molecule has 0 fully saturated rings. The van der Waals surface area contributed by atoms with Crippen LogP contribution in [0.3, 0.4) is 0 Å². The Morgan fingerprint density at radius 2 is 1.75 bits per heavy atom. The highest BCUT2D eigenvalue weighted by molar-refractivity contribution is 7.81. The Labute approximate surface area is 171 Å². The number of carboxylic acids is 1. The molecule has 2 aromatic carbocycles. The molecule has 0 unspecified atom stereocenters. The lowest BCUT2D eigenvalue weighted by molar-refractivity contribution is -0.141. The lowest BCUT2D eigenvalue weighted by Gasteiger charge is -2.21. The SMILES string of the molecule is CC[C@@H](C)[C@H](S)C(=O)N[C@@H](Cc1ccccc1OCc1ccccc1)C(=O)O. The molecular formula is C22H27NO4S. The molecule has 0 radical (unpaired) electrons. The average molecular weight is 402 g/mol. The van der Waals surface area contributed by atoms with Crippen molar-refractivity contribution in [2.24, 2.45) is 5.92 Å². The van der Waals surface area contributed by atoms with E-state index in [2.05, 4.69) is 17.9 Å². The van der Waals surface area contributed by atoms with E-state index >= 15 is 0 Å². The van der Waals surface area contributed by atoms with Crippen molar-refractivity contribution < 1.29 is 19.4 Å². The number of carboxylic acid groups (broad SMARTS) is 1. The van der Waals surface area contributed by atoms with Gasteiger partial charge in [-0.1, -0.05) is 68.8 Å². The first-order chi connectivity index (χ1) is 13.4. The third-order valence-corrected chi connectivity index (χ3v) is 5.44. The fourth-order valence-electron chi connectivity index (χ4n) is 2.71. The number of hydrogen-bond acceptors (Lipinski definition) is 4. The molecule has 2 aromatic rings. The maximum Gasteiger partial charge on any atom is 0.326 e. The molecule has 150 valence electrons. The summed E-state index contributed by atoms with van der Waals surface area (Å²) in [4.78, 5) is 24.1. The number of thiol groups is 1. The van der Waals surface area contributed by atoms with Crippen LogP contribution in [0.15, 0.2) is 54.6 Å². The van der Waals surface area contributed by atoms with Gasteiger partial charge in [0.25, 0.3) is 0 Å². The topological polar surface area (TPSA) is 75.6 Å². The van der Waals surface area contributed by atoms with Gasteiger partial charge in [0.05, 0.1) is 5.25 Å². The summed E-state index contributed by atoms with van der Waals surface area (Å²) in [7, 11) is 0. The Balaban J connectivity index is 2.08. The van der Waals surface area contributed by atoms with Gasteiger partial charge in [-0.2, -0.15) is 12.6 Å². The number of benzene rings is 2. The highest BCUT2D eigenvalue weighted by atomic mass is 32.1. The molecule has 0 spiro atoms. The molecule has 0 heterocycles. The van der Waals surface area contributed by atoms with Gasteiger partial charge in [0.2, 0.25) is 5.91 Å². The number of nitrogens with one attached hydrogen (secondary N) is 1. The summed E-state index contributed by atoms with van der Waals surface area (Å²) in [6.45, 7) is 4.27. The zero-order valence-electron chi connectivity index (χ0n) is 16.2. The van der Waals surface area contributed by atoms with Gasteiger partial charge in [0.15, 0.2) is 0 Å². The van der Waals surface area contributed by atoms with E-state index in [1.54, 1.807) is 6.07 Å². The van der Waals surface area contributed by atoms with Gasteiger partial charge >= 0.3 is 5.97 Å². The molecule has 0 bridgehead atoms. The molecule has 0 aliphatic carbocycles. The fourth-order valence-corrected chi connectivity index (χ4v) is 2.99. The van der Waals surface area contributed by atoms with E-state index < -0.39 is 17.3 Å². The second kappa shape index (κ2) is 10.8. The summed E-state index contributed by atoms with van der Waals surface area (Å²) < 4.78 is 5.89. The lowest BCUT2D eigenvalue weighted by atomic mass is 10.0. The van der Waals surface area contributed by atoms with Crippen LogP contribution in [0.5, 0.6) is 5.75 Å². The Bertz CT molecular complexity index is 781. The number of amides is 1. The van der Waals surface area contributed by atoms with Crippen molar-refractivity contribution in [3.8, 4) is 5.75 Å². The highest BCUT2D eigenvalue weighted by Gasteiger charge is 2.27. The Morgan fingerprint density at radius 1 is 1.11 bits per heavy atom. The molecule has 0 aliphatic heterocycles. The Hall–Kier alpha value is -2.47. The molecular weight excluding hydrogens is 374 g/mol. The van der Waals surface area contributed by atoms with Crippen LogP contribution in [0.2, 0.25) is 0 Å². The van der Waals surface area contributed by atoms with Crippen molar-refractivity contribution in [1.82, 2.24) is 5.32 Å².